The fraction of sp³-hybridized carbons (Fsp3) is 0.600. The Hall–Kier alpha value is 0.0600. The van der Waals surface area contributed by atoms with Crippen LogP contribution in [0.4, 0.5) is 0 Å². The zero-order chi connectivity index (χ0) is 9.03. The molecule has 0 fully saturated rings. The molecule has 0 aliphatic heterocycles. The van der Waals surface area contributed by atoms with E-state index in [2.05, 4.69) is 6.92 Å². The van der Waals surface area contributed by atoms with Gasteiger partial charge in [0.1, 0.15) is 0 Å². The molecule has 0 nitrogen and oxygen atoms in total. The molecular formula is C10H14Cl2. The summed E-state index contributed by atoms with van der Waals surface area (Å²) in [4.78, 5) is -0.158. The van der Waals surface area contributed by atoms with Crippen molar-refractivity contribution in [3.05, 3.63) is 23.3 Å². The van der Waals surface area contributed by atoms with Gasteiger partial charge in [0.15, 0.2) is 0 Å². The van der Waals surface area contributed by atoms with Crippen molar-refractivity contribution in [2.45, 2.75) is 37.5 Å². The molecule has 0 saturated heterocycles. The molecule has 0 heterocycles. The van der Waals surface area contributed by atoms with Crippen LogP contribution in [-0.4, -0.2) is 4.87 Å². The molecule has 0 spiro atoms. The van der Waals surface area contributed by atoms with Crippen molar-refractivity contribution in [3.63, 3.8) is 0 Å². The minimum absolute atomic E-state index is 0.158. The molecule has 0 saturated carbocycles. The lowest BCUT2D eigenvalue weighted by atomic mass is 9.94. The summed E-state index contributed by atoms with van der Waals surface area (Å²) in [6, 6.07) is 0. The predicted molar refractivity (Wildman–Crippen MR) is 55.8 cm³/mol. The van der Waals surface area contributed by atoms with E-state index in [-0.39, 0.29) is 4.87 Å². The van der Waals surface area contributed by atoms with E-state index in [0.717, 1.165) is 17.9 Å². The van der Waals surface area contributed by atoms with Crippen molar-refractivity contribution >= 4 is 23.2 Å². The zero-order valence-corrected chi connectivity index (χ0v) is 8.83. The third-order valence-corrected chi connectivity index (χ3v) is 2.87. The molecule has 1 aliphatic carbocycles. The maximum absolute atomic E-state index is 6.33. The number of hydrogen-bond donors (Lipinski definition) is 0. The first-order valence-corrected chi connectivity index (χ1v) is 5.16. The summed E-state index contributed by atoms with van der Waals surface area (Å²) >= 11 is 12.1. The lowest BCUT2D eigenvalue weighted by Crippen LogP contribution is -2.18. The van der Waals surface area contributed by atoms with E-state index < -0.39 is 0 Å². The highest BCUT2D eigenvalue weighted by atomic mass is 35.5. The molecule has 1 aliphatic rings. The monoisotopic (exact) mass is 204 g/mol. The normalized spacial score (nSPS) is 28.8. The maximum atomic E-state index is 6.33. The molecule has 1 unspecified atom stereocenters. The second kappa shape index (κ2) is 4.34. The molecule has 2 heteroatoms. The van der Waals surface area contributed by atoms with Crippen LogP contribution in [0.1, 0.15) is 32.6 Å². The second-order valence-electron chi connectivity index (χ2n) is 3.26. The van der Waals surface area contributed by atoms with Gasteiger partial charge in [-0.1, -0.05) is 43.5 Å². The lowest BCUT2D eigenvalue weighted by Gasteiger charge is -2.24. The van der Waals surface area contributed by atoms with Crippen LogP contribution >= 0.6 is 23.2 Å². The fourth-order valence-electron chi connectivity index (χ4n) is 1.29. The third kappa shape index (κ3) is 2.84. The first-order valence-electron chi connectivity index (χ1n) is 4.40. The van der Waals surface area contributed by atoms with Crippen LogP contribution in [-0.2, 0) is 0 Å². The molecule has 0 N–H and O–H groups in total. The Bertz CT molecular complexity index is 206. The molecule has 68 valence electrons. The van der Waals surface area contributed by atoms with E-state index in [9.17, 15) is 0 Å². The van der Waals surface area contributed by atoms with E-state index in [0.29, 0.717) is 0 Å². The predicted octanol–water partition coefficient (Wildman–Crippen LogP) is 4.24. The molecule has 0 radical (unpaired) electrons. The Morgan fingerprint density at radius 2 is 2.33 bits per heavy atom. The number of rotatable bonds is 3. The summed E-state index contributed by atoms with van der Waals surface area (Å²) in [6.45, 7) is 2.18. The van der Waals surface area contributed by atoms with Gasteiger partial charge in [0, 0.05) is 5.03 Å². The minimum atomic E-state index is -0.158. The van der Waals surface area contributed by atoms with Crippen molar-refractivity contribution in [2.75, 3.05) is 0 Å². The Morgan fingerprint density at radius 1 is 1.58 bits per heavy atom. The van der Waals surface area contributed by atoms with Gasteiger partial charge in [0.05, 0.1) is 4.87 Å². The highest BCUT2D eigenvalue weighted by molar-refractivity contribution is 6.32. The summed E-state index contributed by atoms with van der Waals surface area (Å²) in [5.74, 6) is 0. The minimum Gasteiger partial charge on any atom is -0.114 e. The second-order valence-corrected chi connectivity index (χ2v) is 4.45. The van der Waals surface area contributed by atoms with Gasteiger partial charge >= 0.3 is 0 Å². The molecular weight excluding hydrogens is 191 g/mol. The van der Waals surface area contributed by atoms with Crippen LogP contribution in [0.5, 0.6) is 0 Å². The maximum Gasteiger partial charge on any atom is 0.0664 e. The van der Waals surface area contributed by atoms with Gasteiger partial charge < -0.3 is 0 Å². The quantitative estimate of drug-likeness (QED) is 0.604. The molecule has 12 heavy (non-hydrogen) atoms. The highest BCUT2D eigenvalue weighted by Crippen LogP contribution is 2.33. The summed E-state index contributed by atoms with van der Waals surface area (Å²) in [5.41, 5.74) is 0. The molecule has 0 amide bonds. The van der Waals surface area contributed by atoms with Crippen molar-refractivity contribution < 1.29 is 0 Å². The summed E-state index contributed by atoms with van der Waals surface area (Å²) in [6.07, 6.45) is 10.2. The Kier molecular flexibility index (Phi) is 3.67. The summed E-state index contributed by atoms with van der Waals surface area (Å²) in [5, 5.41) is 0.808. The lowest BCUT2D eigenvalue weighted by molar-refractivity contribution is 0.589. The molecule has 1 rings (SSSR count). The van der Waals surface area contributed by atoms with Gasteiger partial charge in [-0.25, -0.2) is 0 Å². The SMILES string of the molecule is CCCCC1(Cl)C=CC(Cl)=CC1. The van der Waals surface area contributed by atoms with Gasteiger partial charge in [-0.05, 0) is 18.9 Å². The van der Waals surface area contributed by atoms with E-state index in [1.54, 1.807) is 0 Å². The average Bonchev–Trinajstić information content (AvgIpc) is 2.08. The summed E-state index contributed by atoms with van der Waals surface area (Å²) < 4.78 is 0. The smallest absolute Gasteiger partial charge is 0.0664 e. The number of unbranched alkanes of at least 4 members (excludes halogenated alkanes) is 1. The number of alkyl halides is 1. The van der Waals surface area contributed by atoms with Gasteiger partial charge in [-0.15, -0.1) is 11.6 Å². The van der Waals surface area contributed by atoms with Crippen LogP contribution in [0.3, 0.4) is 0 Å². The number of halogens is 2. The molecule has 1 atom stereocenters. The van der Waals surface area contributed by atoms with E-state index in [4.69, 9.17) is 23.2 Å². The molecule has 0 aromatic heterocycles. The zero-order valence-electron chi connectivity index (χ0n) is 7.32. The van der Waals surface area contributed by atoms with Crippen LogP contribution in [0.15, 0.2) is 23.3 Å². The molecule has 0 bridgehead atoms. The standard InChI is InChI=1S/C10H14Cl2/c1-2-3-6-10(12)7-4-9(11)5-8-10/h4-5,7H,2-3,6,8H2,1H3. The molecule has 0 aromatic carbocycles. The Morgan fingerprint density at radius 3 is 2.83 bits per heavy atom. The van der Waals surface area contributed by atoms with Gasteiger partial charge in [-0.3, -0.25) is 0 Å². The molecule has 0 aromatic rings. The van der Waals surface area contributed by atoms with Crippen LogP contribution < -0.4 is 0 Å². The largest absolute Gasteiger partial charge is 0.114 e. The number of hydrogen-bond acceptors (Lipinski definition) is 0. The van der Waals surface area contributed by atoms with E-state index >= 15 is 0 Å². The van der Waals surface area contributed by atoms with Crippen molar-refractivity contribution in [1.82, 2.24) is 0 Å². The first-order chi connectivity index (χ1) is 5.66. The first kappa shape index (κ1) is 10.1. The third-order valence-electron chi connectivity index (χ3n) is 2.12. The highest BCUT2D eigenvalue weighted by Gasteiger charge is 2.23. The van der Waals surface area contributed by atoms with E-state index in [1.807, 2.05) is 18.2 Å². The van der Waals surface area contributed by atoms with Gasteiger partial charge in [0.2, 0.25) is 0 Å². The van der Waals surface area contributed by atoms with Crippen LogP contribution in [0, 0.1) is 0 Å². The fourth-order valence-corrected chi connectivity index (χ4v) is 1.70. The Labute approximate surface area is 84.2 Å². The summed E-state index contributed by atoms with van der Waals surface area (Å²) in [7, 11) is 0. The van der Waals surface area contributed by atoms with E-state index in [1.165, 1.54) is 12.8 Å². The Balaban J connectivity index is 2.47. The van der Waals surface area contributed by atoms with Crippen LogP contribution in [0.25, 0.3) is 0 Å². The van der Waals surface area contributed by atoms with Gasteiger partial charge in [-0.2, -0.15) is 0 Å². The van der Waals surface area contributed by atoms with Gasteiger partial charge in [0.25, 0.3) is 0 Å². The van der Waals surface area contributed by atoms with Crippen molar-refractivity contribution in [3.8, 4) is 0 Å². The van der Waals surface area contributed by atoms with Crippen LogP contribution in [0.2, 0.25) is 0 Å². The van der Waals surface area contributed by atoms with Crippen molar-refractivity contribution in [2.24, 2.45) is 0 Å². The topological polar surface area (TPSA) is 0 Å². The number of allylic oxidation sites excluding steroid dienone is 4. The average molecular weight is 205 g/mol. The van der Waals surface area contributed by atoms with Crippen molar-refractivity contribution in [1.29, 1.82) is 0 Å².